The van der Waals surface area contributed by atoms with Crippen molar-refractivity contribution in [1.29, 1.82) is 0 Å². The smallest absolute Gasteiger partial charge is 0.245 e. The highest BCUT2D eigenvalue weighted by atomic mass is 15.6. The zero-order valence-electron chi connectivity index (χ0n) is 7.72. The Kier molecular flexibility index (Phi) is 2.13. The van der Waals surface area contributed by atoms with E-state index in [0.29, 0.717) is 0 Å². The number of nitrogens with zero attached hydrogens (tertiary/aromatic N) is 5. The van der Waals surface area contributed by atoms with E-state index in [1.165, 1.54) is 0 Å². The number of tetrazole rings is 1. The normalized spacial score (nSPS) is 23.5. The molecule has 1 fully saturated rings. The van der Waals surface area contributed by atoms with Crippen molar-refractivity contribution in [3.05, 3.63) is 0 Å². The van der Waals surface area contributed by atoms with Gasteiger partial charge in [-0.2, -0.15) is 0 Å². The van der Waals surface area contributed by atoms with Gasteiger partial charge in [-0.25, -0.2) is 4.68 Å². The quantitative estimate of drug-likeness (QED) is 0.611. The van der Waals surface area contributed by atoms with Crippen LogP contribution in [0.3, 0.4) is 0 Å². The van der Waals surface area contributed by atoms with E-state index in [0.717, 1.165) is 31.9 Å². The summed E-state index contributed by atoms with van der Waals surface area (Å²) in [5.41, 5.74) is 5.86. The van der Waals surface area contributed by atoms with Crippen molar-refractivity contribution in [2.75, 3.05) is 18.0 Å². The van der Waals surface area contributed by atoms with E-state index in [1.54, 1.807) is 4.68 Å². The summed E-state index contributed by atoms with van der Waals surface area (Å²) in [4.78, 5) is 2.13. The first-order valence-corrected chi connectivity index (χ1v) is 4.50. The molecule has 0 spiro atoms. The summed E-state index contributed by atoms with van der Waals surface area (Å²) in [7, 11) is 1.84. The number of piperidine rings is 1. The molecule has 2 rings (SSSR count). The van der Waals surface area contributed by atoms with Gasteiger partial charge >= 0.3 is 0 Å². The van der Waals surface area contributed by atoms with E-state index in [2.05, 4.69) is 20.4 Å². The highest BCUT2D eigenvalue weighted by Crippen LogP contribution is 2.14. The summed E-state index contributed by atoms with van der Waals surface area (Å²) in [5.74, 6) is 0.815. The van der Waals surface area contributed by atoms with E-state index in [9.17, 15) is 0 Å². The van der Waals surface area contributed by atoms with Gasteiger partial charge in [-0.05, 0) is 23.3 Å². The van der Waals surface area contributed by atoms with Crippen LogP contribution in [0.25, 0.3) is 0 Å². The van der Waals surface area contributed by atoms with Crippen molar-refractivity contribution in [1.82, 2.24) is 20.2 Å². The summed E-state index contributed by atoms with van der Waals surface area (Å²) in [6, 6.07) is 0.255. The molecule has 0 aromatic carbocycles. The monoisotopic (exact) mass is 182 g/mol. The molecule has 1 atom stereocenters. The highest BCUT2D eigenvalue weighted by molar-refractivity contribution is 5.28. The van der Waals surface area contributed by atoms with Crippen molar-refractivity contribution in [2.45, 2.75) is 18.9 Å². The number of nitrogens with two attached hydrogens (primary N) is 1. The Morgan fingerprint density at radius 1 is 1.54 bits per heavy atom. The molecular formula is C7H14N6. The van der Waals surface area contributed by atoms with Crippen LogP contribution in [0.1, 0.15) is 12.8 Å². The fourth-order valence-electron chi connectivity index (χ4n) is 1.68. The summed E-state index contributed by atoms with van der Waals surface area (Å²) < 4.78 is 1.68. The number of anilines is 1. The van der Waals surface area contributed by atoms with Crippen molar-refractivity contribution >= 4 is 5.95 Å². The minimum atomic E-state index is 0.255. The summed E-state index contributed by atoms with van der Waals surface area (Å²) >= 11 is 0. The molecule has 0 amide bonds. The summed E-state index contributed by atoms with van der Waals surface area (Å²) in [6.07, 6.45) is 2.22. The second kappa shape index (κ2) is 3.29. The number of hydrogen-bond acceptors (Lipinski definition) is 5. The largest absolute Gasteiger partial charge is 0.338 e. The maximum absolute atomic E-state index is 5.86. The summed E-state index contributed by atoms with van der Waals surface area (Å²) in [6.45, 7) is 1.86. The third kappa shape index (κ3) is 1.62. The molecule has 1 aliphatic rings. The molecule has 1 aromatic heterocycles. The van der Waals surface area contributed by atoms with Crippen LogP contribution in [-0.4, -0.2) is 39.3 Å². The van der Waals surface area contributed by atoms with Crippen LogP contribution < -0.4 is 10.6 Å². The van der Waals surface area contributed by atoms with Crippen molar-refractivity contribution in [2.24, 2.45) is 12.8 Å². The maximum Gasteiger partial charge on any atom is 0.245 e. The minimum Gasteiger partial charge on any atom is -0.338 e. The predicted molar refractivity (Wildman–Crippen MR) is 48.2 cm³/mol. The Labute approximate surface area is 76.7 Å². The first kappa shape index (κ1) is 8.43. The zero-order chi connectivity index (χ0) is 9.26. The lowest BCUT2D eigenvalue weighted by atomic mass is 10.1. The van der Waals surface area contributed by atoms with Crippen molar-refractivity contribution in [3.63, 3.8) is 0 Å². The van der Waals surface area contributed by atoms with Crippen LogP contribution in [0.2, 0.25) is 0 Å². The third-order valence-corrected chi connectivity index (χ3v) is 2.34. The molecule has 0 aliphatic carbocycles. The Balaban J connectivity index is 2.12. The van der Waals surface area contributed by atoms with E-state index >= 15 is 0 Å². The molecule has 6 heteroatoms. The Morgan fingerprint density at radius 3 is 3.00 bits per heavy atom. The number of rotatable bonds is 1. The van der Waals surface area contributed by atoms with Gasteiger partial charge in [0.25, 0.3) is 0 Å². The standard InChI is InChI=1S/C7H14N6/c1-12-7(9-10-11-12)13-4-2-3-6(8)5-13/h6H,2-5,8H2,1H3/t6-/m1/s1. The van der Waals surface area contributed by atoms with Crippen LogP contribution in [0.15, 0.2) is 0 Å². The van der Waals surface area contributed by atoms with Gasteiger partial charge in [-0.15, -0.1) is 0 Å². The fourth-order valence-corrected chi connectivity index (χ4v) is 1.68. The molecule has 1 aliphatic heterocycles. The summed E-state index contributed by atoms with van der Waals surface area (Å²) in [5, 5.41) is 11.3. The molecule has 2 heterocycles. The fraction of sp³-hybridized carbons (Fsp3) is 0.857. The molecule has 1 aromatic rings. The van der Waals surface area contributed by atoms with Crippen LogP contribution in [0.4, 0.5) is 5.95 Å². The van der Waals surface area contributed by atoms with Gasteiger partial charge in [0.05, 0.1) is 0 Å². The van der Waals surface area contributed by atoms with Gasteiger partial charge in [-0.1, -0.05) is 5.10 Å². The lowest BCUT2D eigenvalue weighted by molar-refractivity contribution is 0.494. The highest BCUT2D eigenvalue weighted by Gasteiger charge is 2.20. The van der Waals surface area contributed by atoms with Gasteiger partial charge < -0.3 is 10.6 Å². The second-order valence-corrected chi connectivity index (χ2v) is 3.45. The Morgan fingerprint density at radius 2 is 2.38 bits per heavy atom. The molecule has 0 unspecified atom stereocenters. The lowest BCUT2D eigenvalue weighted by Crippen LogP contribution is -2.43. The van der Waals surface area contributed by atoms with E-state index < -0.39 is 0 Å². The predicted octanol–water partition coefficient (Wildman–Crippen LogP) is -0.862. The van der Waals surface area contributed by atoms with Gasteiger partial charge in [0.1, 0.15) is 0 Å². The molecule has 0 bridgehead atoms. The van der Waals surface area contributed by atoms with Crippen molar-refractivity contribution < 1.29 is 0 Å². The van der Waals surface area contributed by atoms with Crippen LogP contribution >= 0.6 is 0 Å². The van der Waals surface area contributed by atoms with Crippen LogP contribution in [0, 0.1) is 0 Å². The molecule has 13 heavy (non-hydrogen) atoms. The molecule has 1 saturated heterocycles. The molecule has 6 nitrogen and oxygen atoms in total. The number of aromatic nitrogens is 4. The molecule has 0 radical (unpaired) electrons. The van der Waals surface area contributed by atoms with E-state index in [4.69, 9.17) is 5.73 Å². The average Bonchev–Trinajstić information content (AvgIpc) is 2.51. The molecule has 0 saturated carbocycles. The van der Waals surface area contributed by atoms with Gasteiger partial charge in [0.2, 0.25) is 5.95 Å². The van der Waals surface area contributed by atoms with Gasteiger partial charge in [0, 0.05) is 26.2 Å². The number of hydrogen-bond donors (Lipinski definition) is 1. The molecule has 72 valence electrons. The second-order valence-electron chi connectivity index (χ2n) is 3.45. The third-order valence-electron chi connectivity index (χ3n) is 2.34. The van der Waals surface area contributed by atoms with E-state index in [1.807, 2.05) is 7.05 Å². The topological polar surface area (TPSA) is 72.9 Å². The average molecular weight is 182 g/mol. The number of aryl methyl sites for hydroxylation is 1. The van der Waals surface area contributed by atoms with Crippen LogP contribution in [0.5, 0.6) is 0 Å². The van der Waals surface area contributed by atoms with Gasteiger partial charge in [-0.3, -0.25) is 0 Å². The Hall–Kier alpha value is -1.17. The first-order valence-electron chi connectivity index (χ1n) is 4.50. The Bertz CT molecular complexity index is 282. The van der Waals surface area contributed by atoms with Gasteiger partial charge in [0.15, 0.2) is 0 Å². The minimum absolute atomic E-state index is 0.255. The van der Waals surface area contributed by atoms with E-state index in [-0.39, 0.29) is 6.04 Å². The first-order chi connectivity index (χ1) is 6.27. The maximum atomic E-state index is 5.86. The SMILES string of the molecule is Cn1nnnc1N1CCC[C@@H](N)C1. The van der Waals surface area contributed by atoms with Crippen LogP contribution in [-0.2, 0) is 7.05 Å². The molecular weight excluding hydrogens is 168 g/mol. The lowest BCUT2D eigenvalue weighted by Gasteiger charge is -2.30. The van der Waals surface area contributed by atoms with Crippen molar-refractivity contribution in [3.8, 4) is 0 Å². The molecule has 2 N–H and O–H groups in total. The zero-order valence-corrected chi connectivity index (χ0v) is 7.72.